The lowest BCUT2D eigenvalue weighted by molar-refractivity contribution is -0.119. The summed E-state index contributed by atoms with van der Waals surface area (Å²) in [6, 6.07) is 7.28. The molecule has 0 aliphatic carbocycles. The standard InChI is InChI=1S/C16H20N4O3S2/c1-4-23-12-8-6-5-7-11(12)17-13(21)9-24-16-20-19-15(25-16)18-14(22)10(2)3/h5-8,10H,4,9H2,1-3H3,(H,17,21)(H,18,19,22). The van der Waals surface area contributed by atoms with Gasteiger partial charge in [0.15, 0.2) is 4.34 Å². The van der Waals surface area contributed by atoms with E-state index in [1.807, 2.05) is 19.1 Å². The summed E-state index contributed by atoms with van der Waals surface area (Å²) in [6.45, 7) is 6.02. The van der Waals surface area contributed by atoms with Gasteiger partial charge in [-0.1, -0.05) is 49.1 Å². The molecule has 1 aromatic carbocycles. The van der Waals surface area contributed by atoms with Gasteiger partial charge < -0.3 is 15.4 Å². The molecule has 0 radical (unpaired) electrons. The van der Waals surface area contributed by atoms with Crippen LogP contribution in [-0.4, -0.2) is 34.4 Å². The Morgan fingerprint density at radius 1 is 1.24 bits per heavy atom. The fourth-order valence-electron chi connectivity index (χ4n) is 1.73. The molecule has 2 N–H and O–H groups in total. The topological polar surface area (TPSA) is 93.2 Å². The first-order chi connectivity index (χ1) is 12.0. The molecule has 0 saturated carbocycles. The summed E-state index contributed by atoms with van der Waals surface area (Å²) in [7, 11) is 0. The third-order valence-electron chi connectivity index (χ3n) is 2.95. The molecule has 2 amide bonds. The summed E-state index contributed by atoms with van der Waals surface area (Å²) in [4.78, 5) is 23.7. The number of benzene rings is 1. The van der Waals surface area contributed by atoms with E-state index in [2.05, 4.69) is 20.8 Å². The number of carbonyl (C=O) groups excluding carboxylic acids is 2. The van der Waals surface area contributed by atoms with Crippen LogP contribution in [0.25, 0.3) is 0 Å². The maximum Gasteiger partial charge on any atom is 0.234 e. The first-order valence-corrected chi connectivity index (χ1v) is 9.58. The number of para-hydroxylation sites is 2. The highest BCUT2D eigenvalue weighted by molar-refractivity contribution is 8.01. The van der Waals surface area contributed by atoms with Gasteiger partial charge in [0, 0.05) is 5.92 Å². The molecule has 0 unspecified atom stereocenters. The minimum Gasteiger partial charge on any atom is -0.492 e. The van der Waals surface area contributed by atoms with Crippen molar-refractivity contribution in [1.82, 2.24) is 10.2 Å². The first-order valence-electron chi connectivity index (χ1n) is 7.78. The zero-order valence-electron chi connectivity index (χ0n) is 14.2. The van der Waals surface area contributed by atoms with E-state index < -0.39 is 0 Å². The lowest BCUT2D eigenvalue weighted by Crippen LogP contribution is -2.17. The summed E-state index contributed by atoms with van der Waals surface area (Å²) < 4.78 is 6.10. The maximum atomic E-state index is 12.1. The number of amides is 2. The van der Waals surface area contributed by atoms with Gasteiger partial charge in [0.2, 0.25) is 16.9 Å². The van der Waals surface area contributed by atoms with Gasteiger partial charge in [-0.05, 0) is 19.1 Å². The van der Waals surface area contributed by atoms with E-state index in [-0.39, 0.29) is 23.5 Å². The van der Waals surface area contributed by atoms with Crippen molar-refractivity contribution in [2.24, 2.45) is 5.92 Å². The minimum absolute atomic E-state index is 0.113. The van der Waals surface area contributed by atoms with Gasteiger partial charge in [0.25, 0.3) is 0 Å². The lowest BCUT2D eigenvalue weighted by Gasteiger charge is -2.10. The van der Waals surface area contributed by atoms with Crippen molar-refractivity contribution < 1.29 is 14.3 Å². The molecule has 0 aliphatic heterocycles. The van der Waals surface area contributed by atoms with Crippen molar-refractivity contribution in [3.63, 3.8) is 0 Å². The number of aromatic nitrogens is 2. The monoisotopic (exact) mass is 380 g/mol. The van der Waals surface area contributed by atoms with Crippen molar-refractivity contribution in [3.8, 4) is 5.75 Å². The van der Waals surface area contributed by atoms with E-state index in [1.165, 1.54) is 23.1 Å². The molecule has 1 heterocycles. The number of carbonyl (C=O) groups is 2. The first kappa shape index (κ1) is 19.2. The number of nitrogens with one attached hydrogen (secondary N) is 2. The summed E-state index contributed by atoms with van der Waals surface area (Å²) in [5.74, 6) is 0.417. The molecule has 0 aliphatic rings. The second-order valence-corrected chi connectivity index (χ2v) is 7.48. The Balaban J connectivity index is 1.86. The van der Waals surface area contributed by atoms with Gasteiger partial charge in [-0.25, -0.2) is 0 Å². The van der Waals surface area contributed by atoms with Crippen molar-refractivity contribution >= 4 is 45.7 Å². The zero-order valence-corrected chi connectivity index (χ0v) is 15.9. The molecule has 0 spiro atoms. The average Bonchev–Trinajstić information content (AvgIpc) is 3.02. The van der Waals surface area contributed by atoms with Gasteiger partial charge >= 0.3 is 0 Å². The van der Waals surface area contributed by atoms with Crippen molar-refractivity contribution in [2.45, 2.75) is 25.1 Å². The molecule has 7 nitrogen and oxygen atoms in total. The molecule has 0 bridgehead atoms. The Morgan fingerprint density at radius 2 is 2.00 bits per heavy atom. The predicted octanol–water partition coefficient (Wildman–Crippen LogP) is 3.26. The van der Waals surface area contributed by atoms with Crippen LogP contribution in [0.15, 0.2) is 28.6 Å². The van der Waals surface area contributed by atoms with E-state index in [0.717, 1.165) is 0 Å². The zero-order chi connectivity index (χ0) is 18.2. The van der Waals surface area contributed by atoms with Crippen molar-refractivity contribution in [3.05, 3.63) is 24.3 Å². The van der Waals surface area contributed by atoms with E-state index in [9.17, 15) is 9.59 Å². The van der Waals surface area contributed by atoms with Crippen LogP contribution in [0.1, 0.15) is 20.8 Å². The molecule has 1 aromatic heterocycles. The maximum absolute atomic E-state index is 12.1. The Bertz CT molecular complexity index is 734. The predicted molar refractivity (Wildman–Crippen MR) is 100 cm³/mol. The Morgan fingerprint density at radius 3 is 2.72 bits per heavy atom. The Labute approximate surface area is 154 Å². The molecule has 0 fully saturated rings. The largest absolute Gasteiger partial charge is 0.492 e. The third-order valence-corrected chi connectivity index (χ3v) is 4.92. The highest BCUT2D eigenvalue weighted by atomic mass is 32.2. The van der Waals surface area contributed by atoms with E-state index in [4.69, 9.17) is 4.74 Å². The van der Waals surface area contributed by atoms with Crippen LogP contribution in [0, 0.1) is 5.92 Å². The van der Waals surface area contributed by atoms with Gasteiger partial charge in [0.05, 0.1) is 18.0 Å². The van der Waals surface area contributed by atoms with Crippen LogP contribution in [0.3, 0.4) is 0 Å². The van der Waals surface area contributed by atoms with Crippen LogP contribution in [0.4, 0.5) is 10.8 Å². The fourth-order valence-corrected chi connectivity index (χ4v) is 3.29. The van der Waals surface area contributed by atoms with Crippen LogP contribution in [-0.2, 0) is 9.59 Å². The van der Waals surface area contributed by atoms with Crippen LogP contribution in [0.5, 0.6) is 5.75 Å². The number of thioether (sulfide) groups is 1. The second-order valence-electron chi connectivity index (χ2n) is 5.28. The molecular formula is C16H20N4O3S2. The minimum atomic E-state index is -0.167. The summed E-state index contributed by atoms with van der Waals surface area (Å²) in [6.07, 6.45) is 0. The highest BCUT2D eigenvalue weighted by Gasteiger charge is 2.13. The van der Waals surface area contributed by atoms with Crippen molar-refractivity contribution in [2.75, 3.05) is 23.0 Å². The van der Waals surface area contributed by atoms with Gasteiger partial charge in [-0.2, -0.15) is 0 Å². The third kappa shape index (κ3) is 6.02. The van der Waals surface area contributed by atoms with Crippen LogP contribution >= 0.6 is 23.1 Å². The van der Waals surface area contributed by atoms with Gasteiger partial charge in [-0.15, -0.1) is 10.2 Å². The van der Waals surface area contributed by atoms with Crippen LogP contribution < -0.4 is 15.4 Å². The van der Waals surface area contributed by atoms with Crippen LogP contribution in [0.2, 0.25) is 0 Å². The van der Waals surface area contributed by atoms with Crippen molar-refractivity contribution in [1.29, 1.82) is 0 Å². The second kappa shape index (κ2) is 9.38. The molecule has 25 heavy (non-hydrogen) atoms. The van der Waals surface area contributed by atoms with Gasteiger partial charge in [0.1, 0.15) is 5.75 Å². The lowest BCUT2D eigenvalue weighted by atomic mass is 10.2. The molecule has 2 aromatic rings. The number of ether oxygens (including phenoxy) is 1. The number of anilines is 2. The molecular weight excluding hydrogens is 360 g/mol. The van der Waals surface area contributed by atoms with E-state index >= 15 is 0 Å². The molecule has 9 heteroatoms. The molecule has 2 rings (SSSR count). The molecule has 134 valence electrons. The smallest absolute Gasteiger partial charge is 0.234 e. The molecule has 0 atom stereocenters. The normalized spacial score (nSPS) is 10.6. The van der Waals surface area contributed by atoms with Gasteiger partial charge in [-0.3, -0.25) is 9.59 Å². The quantitative estimate of drug-likeness (QED) is 0.539. The highest BCUT2D eigenvalue weighted by Crippen LogP contribution is 2.27. The van der Waals surface area contributed by atoms with E-state index in [0.29, 0.717) is 27.5 Å². The number of nitrogens with zero attached hydrogens (tertiary/aromatic N) is 2. The average molecular weight is 380 g/mol. The summed E-state index contributed by atoms with van der Waals surface area (Å²) in [5.41, 5.74) is 0.636. The number of hydrogen-bond donors (Lipinski definition) is 2. The summed E-state index contributed by atoms with van der Waals surface area (Å²) >= 11 is 2.51. The van der Waals surface area contributed by atoms with E-state index in [1.54, 1.807) is 26.0 Å². The SMILES string of the molecule is CCOc1ccccc1NC(=O)CSc1nnc(NC(=O)C(C)C)s1. The summed E-state index contributed by atoms with van der Waals surface area (Å²) in [5, 5.41) is 13.8. The fraction of sp³-hybridized carbons (Fsp3) is 0.375. The Kier molecular flexibility index (Phi) is 7.20. The number of hydrogen-bond acceptors (Lipinski definition) is 7. The molecule has 0 saturated heterocycles. The number of rotatable bonds is 8. The Hall–Kier alpha value is -2.13.